The lowest BCUT2D eigenvalue weighted by molar-refractivity contribution is 0.0949. The third-order valence-electron chi connectivity index (χ3n) is 5.42. The molecule has 0 saturated heterocycles. The van der Waals surface area contributed by atoms with E-state index in [0.717, 1.165) is 5.56 Å². The standard InChI is InChI=1S/C27H26ClN3O3S/c1-17(2)15-29-25(32)18-8-13-22-24(14-18)30-27(35-16-19-6-4-5-7-23(19)28)31(26(22)33)20-9-11-21(34-3)12-10-20/h4-14,17H,15-16H2,1-3H3,(H,29,32). The molecule has 4 aromatic rings. The van der Waals surface area contributed by atoms with Crippen molar-refractivity contribution in [1.82, 2.24) is 14.9 Å². The van der Waals surface area contributed by atoms with Gasteiger partial charge in [-0.3, -0.25) is 14.2 Å². The van der Waals surface area contributed by atoms with Gasteiger partial charge in [0.2, 0.25) is 0 Å². The highest BCUT2D eigenvalue weighted by Gasteiger charge is 2.16. The molecule has 0 bridgehead atoms. The van der Waals surface area contributed by atoms with Gasteiger partial charge >= 0.3 is 0 Å². The number of benzene rings is 3. The Hall–Kier alpha value is -3.29. The Kier molecular flexibility index (Phi) is 7.78. The number of nitrogens with zero attached hydrogens (tertiary/aromatic N) is 2. The number of hydrogen-bond donors (Lipinski definition) is 1. The van der Waals surface area contributed by atoms with Crippen LogP contribution in [0.2, 0.25) is 5.02 Å². The molecule has 3 aromatic carbocycles. The van der Waals surface area contributed by atoms with Gasteiger partial charge in [-0.1, -0.05) is 55.4 Å². The summed E-state index contributed by atoms with van der Waals surface area (Å²) in [7, 11) is 1.60. The van der Waals surface area contributed by atoms with E-state index in [0.29, 0.717) is 56.3 Å². The van der Waals surface area contributed by atoms with Crippen molar-refractivity contribution in [2.24, 2.45) is 5.92 Å². The Balaban J connectivity index is 1.80. The zero-order valence-corrected chi connectivity index (χ0v) is 21.3. The van der Waals surface area contributed by atoms with Crippen LogP contribution in [0.15, 0.2) is 76.7 Å². The van der Waals surface area contributed by atoms with Gasteiger partial charge in [-0.2, -0.15) is 0 Å². The van der Waals surface area contributed by atoms with Crippen LogP contribution in [0.4, 0.5) is 0 Å². The maximum Gasteiger partial charge on any atom is 0.266 e. The second kappa shape index (κ2) is 11.0. The minimum atomic E-state index is -0.212. The average Bonchev–Trinajstić information content (AvgIpc) is 2.86. The molecule has 8 heteroatoms. The van der Waals surface area contributed by atoms with E-state index in [2.05, 4.69) is 5.32 Å². The normalized spacial score (nSPS) is 11.1. The van der Waals surface area contributed by atoms with Gasteiger partial charge < -0.3 is 10.1 Å². The summed E-state index contributed by atoms with van der Waals surface area (Å²) in [6.45, 7) is 4.64. The molecule has 1 N–H and O–H groups in total. The van der Waals surface area contributed by atoms with Gasteiger partial charge in [-0.25, -0.2) is 4.98 Å². The van der Waals surface area contributed by atoms with Crippen molar-refractivity contribution >= 4 is 40.2 Å². The second-order valence-corrected chi connectivity index (χ2v) is 9.80. The van der Waals surface area contributed by atoms with E-state index in [4.69, 9.17) is 21.3 Å². The maximum atomic E-state index is 13.6. The van der Waals surface area contributed by atoms with Crippen LogP contribution in [0.1, 0.15) is 29.8 Å². The van der Waals surface area contributed by atoms with Crippen molar-refractivity contribution in [3.63, 3.8) is 0 Å². The van der Waals surface area contributed by atoms with Crippen LogP contribution in [0.25, 0.3) is 16.6 Å². The number of ether oxygens (including phenoxy) is 1. The molecule has 6 nitrogen and oxygen atoms in total. The van der Waals surface area contributed by atoms with Crippen LogP contribution in [0.3, 0.4) is 0 Å². The van der Waals surface area contributed by atoms with Gasteiger partial charge in [0.25, 0.3) is 11.5 Å². The molecular weight excluding hydrogens is 482 g/mol. The fourth-order valence-corrected chi connectivity index (χ4v) is 4.82. The molecule has 0 saturated carbocycles. The lowest BCUT2D eigenvalue weighted by Gasteiger charge is -2.15. The highest BCUT2D eigenvalue weighted by atomic mass is 35.5. The Morgan fingerprint density at radius 2 is 1.86 bits per heavy atom. The minimum absolute atomic E-state index is 0.188. The number of hydrogen-bond acceptors (Lipinski definition) is 5. The largest absolute Gasteiger partial charge is 0.497 e. The summed E-state index contributed by atoms with van der Waals surface area (Å²) in [6.07, 6.45) is 0. The predicted molar refractivity (Wildman–Crippen MR) is 142 cm³/mol. The van der Waals surface area contributed by atoms with Crippen molar-refractivity contribution < 1.29 is 9.53 Å². The van der Waals surface area contributed by atoms with Crippen LogP contribution in [0, 0.1) is 5.92 Å². The van der Waals surface area contributed by atoms with E-state index in [1.807, 2.05) is 50.2 Å². The number of methoxy groups -OCH3 is 1. The number of rotatable bonds is 8. The lowest BCUT2D eigenvalue weighted by Crippen LogP contribution is -2.27. The molecule has 0 spiro atoms. The van der Waals surface area contributed by atoms with Gasteiger partial charge in [0.1, 0.15) is 5.75 Å². The monoisotopic (exact) mass is 507 g/mol. The van der Waals surface area contributed by atoms with E-state index in [-0.39, 0.29) is 11.5 Å². The van der Waals surface area contributed by atoms with Crippen LogP contribution in [-0.4, -0.2) is 29.1 Å². The molecule has 0 unspecified atom stereocenters. The fraction of sp³-hybridized carbons (Fsp3) is 0.222. The highest BCUT2D eigenvalue weighted by molar-refractivity contribution is 7.98. The van der Waals surface area contributed by atoms with Crippen LogP contribution >= 0.6 is 23.4 Å². The Morgan fingerprint density at radius 1 is 1.11 bits per heavy atom. The summed E-state index contributed by atoms with van der Waals surface area (Å²) < 4.78 is 6.85. The van der Waals surface area contributed by atoms with Gasteiger partial charge in [-0.15, -0.1) is 0 Å². The third-order valence-corrected chi connectivity index (χ3v) is 6.77. The van der Waals surface area contributed by atoms with Crippen molar-refractivity contribution in [2.45, 2.75) is 24.8 Å². The zero-order chi connectivity index (χ0) is 24.9. The molecule has 1 aromatic heterocycles. The van der Waals surface area contributed by atoms with E-state index >= 15 is 0 Å². The van der Waals surface area contributed by atoms with Crippen LogP contribution < -0.4 is 15.6 Å². The minimum Gasteiger partial charge on any atom is -0.497 e. The number of carbonyl (C=O) groups is 1. The molecule has 0 atom stereocenters. The highest BCUT2D eigenvalue weighted by Crippen LogP contribution is 2.28. The average molecular weight is 508 g/mol. The van der Waals surface area contributed by atoms with E-state index < -0.39 is 0 Å². The van der Waals surface area contributed by atoms with Crippen molar-refractivity contribution in [1.29, 1.82) is 0 Å². The first-order chi connectivity index (χ1) is 16.9. The molecule has 1 amide bonds. The Morgan fingerprint density at radius 3 is 2.54 bits per heavy atom. The van der Waals surface area contributed by atoms with Gasteiger partial charge in [0.05, 0.1) is 23.7 Å². The van der Waals surface area contributed by atoms with Gasteiger partial charge in [-0.05, 0) is 60.0 Å². The summed E-state index contributed by atoms with van der Waals surface area (Å²) in [5.74, 6) is 1.37. The summed E-state index contributed by atoms with van der Waals surface area (Å²) in [5, 5.41) is 4.51. The summed E-state index contributed by atoms with van der Waals surface area (Å²) >= 11 is 7.77. The molecule has 35 heavy (non-hydrogen) atoms. The SMILES string of the molecule is COc1ccc(-n2c(SCc3ccccc3Cl)nc3cc(C(=O)NCC(C)C)ccc3c2=O)cc1. The number of halogens is 1. The van der Waals surface area contributed by atoms with Crippen molar-refractivity contribution in [3.8, 4) is 11.4 Å². The van der Waals surface area contributed by atoms with Gasteiger partial charge in [0.15, 0.2) is 5.16 Å². The lowest BCUT2D eigenvalue weighted by atomic mass is 10.1. The van der Waals surface area contributed by atoms with Crippen LogP contribution in [0.5, 0.6) is 5.75 Å². The third kappa shape index (κ3) is 5.69. The quantitative estimate of drug-likeness (QED) is 0.244. The predicted octanol–water partition coefficient (Wildman–Crippen LogP) is 5.73. The zero-order valence-electron chi connectivity index (χ0n) is 19.7. The molecule has 4 rings (SSSR count). The molecule has 0 aliphatic rings. The first-order valence-corrected chi connectivity index (χ1v) is 12.6. The van der Waals surface area contributed by atoms with Crippen molar-refractivity contribution in [3.05, 3.63) is 93.2 Å². The Labute approximate surface area is 213 Å². The summed E-state index contributed by atoms with van der Waals surface area (Å²) in [6, 6.07) is 19.8. The number of fused-ring (bicyclic) bond motifs is 1. The maximum absolute atomic E-state index is 13.6. The number of thioether (sulfide) groups is 1. The second-order valence-electron chi connectivity index (χ2n) is 8.45. The molecule has 0 aliphatic heterocycles. The first kappa shape index (κ1) is 24.8. The molecule has 0 fully saturated rings. The molecule has 1 heterocycles. The fourth-order valence-electron chi connectivity index (χ4n) is 3.52. The first-order valence-electron chi connectivity index (χ1n) is 11.2. The van der Waals surface area contributed by atoms with Gasteiger partial charge in [0, 0.05) is 22.9 Å². The number of amides is 1. The summed E-state index contributed by atoms with van der Waals surface area (Å²) in [5.41, 5.74) is 2.34. The topological polar surface area (TPSA) is 73.2 Å². The Bertz CT molecular complexity index is 1420. The smallest absolute Gasteiger partial charge is 0.266 e. The van der Waals surface area contributed by atoms with E-state index in [9.17, 15) is 9.59 Å². The number of nitrogens with one attached hydrogen (secondary N) is 1. The molecular formula is C27H26ClN3O3S. The molecule has 180 valence electrons. The van der Waals surface area contributed by atoms with Crippen molar-refractivity contribution in [2.75, 3.05) is 13.7 Å². The molecule has 0 radical (unpaired) electrons. The summed E-state index contributed by atoms with van der Waals surface area (Å²) in [4.78, 5) is 31.0. The van der Waals surface area contributed by atoms with E-state index in [1.54, 1.807) is 42.0 Å². The molecule has 0 aliphatic carbocycles. The van der Waals surface area contributed by atoms with Crippen LogP contribution in [-0.2, 0) is 5.75 Å². The van der Waals surface area contributed by atoms with E-state index in [1.165, 1.54) is 11.8 Å². The number of carbonyl (C=O) groups excluding carboxylic acids is 1. The number of aromatic nitrogens is 2.